The number of aromatic nitrogens is 1. The third-order valence-corrected chi connectivity index (χ3v) is 11.1. The van der Waals surface area contributed by atoms with Gasteiger partial charge in [-0.2, -0.15) is 13.2 Å². The van der Waals surface area contributed by atoms with Gasteiger partial charge in [-0.05, 0) is 42.4 Å². The molecule has 1 aromatic heterocycles. The molecule has 12 heteroatoms. The summed E-state index contributed by atoms with van der Waals surface area (Å²) in [7, 11) is 0. The average molecular weight is 538 g/mol. The highest BCUT2D eigenvalue weighted by Gasteiger charge is 2.70. The van der Waals surface area contributed by atoms with Gasteiger partial charge in [-0.25, -0.2) is 0 Å². The molecule has 2 aromatic rings. The minimum absolute atomic E-state index is 0.0363. The van der Waals surface area contributed by atoms with Crippen LogP contribution in [0.15, 0.2) is 34.1 Å². The van der Waals surface area contributed by atoms with Gasteiger partial charge in [-0.3, -0.25) is 24.1 Å². The summed E-state index contributed by atoms with van der Waals surface area (Å²) in [6.45, 7) is 3.64. The standard InChI is InChI=1S/C24H22F3N3O4S2/c1-23(2)16-11-7-12(17(16)35-19-18(23)36-22(34)29-19)15-14(11)20(32)30(21(15)33)8-13(31)28-10-5-3-4-9(6-10)24(25,26)27/h3-6,11-12,14-17H,7-8H2,1-2H3,(H,28,31)(H,29,34). The van der Waals surface area contributed by atoms with E-state index in [1.54, 1.807) is 11.8 Å². The zero-order valence-corrected chi connectivity index (χ0v) is 20.9. The van der Waals surface area contributed by atoms with Crippen LogP contribution < -0.4 is 10.2 Å². The van der Waals surface area contributed by atoms with Gasteiger partial charge in [0.2, 0.25) is 17.7 Å². The molecular formula is C24H22F3N3O4S2. The number of carbonyl (C=O) groups is 3. The number of hydrogen-bond acceptors (Lipinski definition) is 6. The normalized spacial score (nSPS) is 31.9. The number of nitrogens with one attached hydrogen (secondary N) is 2. The van der Waals surface area contributed by atoms with E-state index in [1.807, 2.05) is 0 Å². The SMILES string of the molecule is CC1(C)c2sc(=O)[nH]c2SC2C3CC(C4C(=O)N(CC(=O)Nc5cccc(C(F)(F)F)c5)C(=O)C34)C21. The van der Waals surface area contributed by atoms with Crippen LogP contribution in [0, 0.1) is 29.6 Å². The molecule has 7 nitrogen and oxygen atoms in total. The van der Waals surface area contributed by atoms with Crippen LogP contribution in [-0.2, 0) is 26.0 Å². The molecule has 6 unspecified atom stereocenters. The third kappa shape index (κ3) is 3.33. The fraction of sp³-hybridized carbons (Fsp3) is 0.500. The largest absolute Gasteiger partial charge is 0.416 e. The molecule has 0 spiro atoms. The summed E-state index contributed by atoms with van der Waals surface area (Å²) in [5.74, 6) is -2.49. The molecule has 4 aliphatic rings. The molecule has 2 bridgehead atoms. The number of benzene rings is 1. The highest BCUT2D eigenvalue weighted by atomic mass is 32.2. The summed E-state index contributed by atoms with van der Waals surface area (Å²) in [6.07, 6.45) is -3.81. The summed E-state index contributed by atoms with van der Waals surface area (Å²) < 4.78 is 39.0. The Morgan fingerprint density at radius 3 is 2.56 bits per heavy atom. The number of carbonyl (C=O) groups excluding carboxylic acids is 3. The van der Waals surface area contributed by atoms with E-state index in [2.05, 4.69) is 24.1 Å². The summed E-state index contributed by atoms with van der Waals surface area (Å²) in [4.78, 5) is 56.2. The Morgan fingerprint density at radius 2 is 1.86 bits per heavy atom. The molecular weight excluding hydrogens is 515 g/mol. The first-order valence-electron chi connectivity index (χ1n) is 11.6. The molecule has 2 aliphatic heterocycles. The van der Waals surface area contributed by atoms with Crippen LogP contribution in [0.1, 0.15) is 30.7 Å². The van der Waals surface area contributed by atoms with Gasteiger partial charge in [0.05, 0.1) is 22.4 Å². The zero-order valence-electron chi connectivity index (χ0n) is 19.2. The van der Waals surface area contributed by atoms with Crippen molar-refractivity contribution in [2.45, 2.75) is 42.1 Å². The first-order chi connectivity index (χ1) is 16.9. The molecule has 6 atom stereocenters. The Hall–Kier alpha value is -2.60. The zero-order chi connectivity index (χ0) is 25.7. The average Bonchev–Trinajstić information content (AvgIpc) is 3.51. The van der Waals surface area contributed by atoms with Gasteiger partial charge < -0.3 is 10.3 Å². The van der Waals surface area contributed by atoms with E-state index < -0.39 is 41.9 Å². The van der Waals surface area contributed by atoms with E-state index in [0.717, 1.165) is 33.4 Å². The molecule has 2 N–H and O–H groups in total. The Morgan fingerprint density at radius 1 is 1.17 bits per heavy atom. The van der Waals surface area contributed by atoms with Crippen LogP contribution in [0.25, 0.3) is 0 Å². The van der Waals surface area contributed by atoms with Gasteiger partial charge in [0.15, 0.2) is 0 Å². The summed E-state index contributed by atoms with van der Waals surface area (Å²) in [5, 5.41) is 3.31. The molecule has 3 heterocycles. The number of anilines is 1. The van der Waals surface area contributed by atoms with E-state index in [0.29, 0.717) is 0 Å². The van der Waals surface area contributed by atoms with Gasteiger partial charge in [0.25, 0.3) is 0 Å². The van der Waals surface area contributed by atoms with Crippen molar-refractivity contribution in [1.29, 1.82) is 0 Å². The molecule has 2 saturated carbocycles. The van der Waals surface area contributed by atoms with Crippen LogP contribution in [0.3, 0.4) is 0 Å². The number of thiazole rings is 1. The van der Waals surface area contributed by atoms with Crippen molar-refractivity contribution in [3.8, 4) is 0 Å². The number of nitrogens with zero attached hydrogens (tertiary/aromatic N) is 1. The molecule has 6 rings (SSSR count). The lowest BCUT2D eigenvalue weighted by molar-refractivity contribution is -0.143. The molecule has 0 radical (unpaired) electrons. The van der Waals surface area contributed by atoms with Crippen LogP contribution in [0.5, 0.6) is 0 Å². The molecule has 2 aliphatic carbocycles. The van der Waals surface area contributed by atoms with Crippen LogP contribution in [0.2, 0.25) is 0 Å². The number of halogens is 3. The fourth-order valence-corrected chi connectivity index (χ4v) is 10.1. The lowest BCUT2D eigenvalue weighted by atomic mass is 9.64. The number of thioether (sulfide) groups is 1. The van der Waals surface area contributed by atoms with Crippen molar-refractivity contribution in [2.75, 3.05) is 11.9 Å². The second-order valence-corrected chi connectivity index (χ2v) is 12.7. The van der Waals surface area contributed by atoms with E-state index >= 15 is 0 Å². The van der Waals surface area contributed by atoms with Gasteiger partial charge in [-0.15, -0.1) is 11.8 Å². The molecule has 36 heavy (non-hydrogen) atoms. The maximum atomic E-state index is 13.4. The number of rotatable bonds is 3. The van der Waals surface area contributed by atoms with E-state index in [1.165, 1.54) is 23.5 Å². The van der Waals surface area contributed by atoms with Crippen molar-refractivity contribution in [1.82, 2.24) is 9.88 Å². The lowest BCUT2D eigenvalue weighted by Crippen LogP contribution is -2.48. The quantitative estimate of drug-likeness (QED) is 0.582. The molecule has 190 valence electrons. The van der Waals surface area contributed by atoms with Gasteiger partial charge >= 0.3 is 11.0 Å². The smallest absolute Gasteiger partial charge is 0.325 e. The predicted molar refractivity (Wildman–Crippen MR) is 126 cm³/mol. The van der Waals surface area contributed by atoms with Crippen LogP contribution in [0.4, 0.5) is 18.9 Å². The number of alkyl halides is 3. The molecule has 3 amide bonds. The number of likely N-dealkylation sites (tertiary alicyclic amines) is 1. The first kappa shape index (κ1) is 23.8. The number of fused-ring (bicyclic) bond motifs is 9. The number of amides is 3. The van der Waals surface area contributed by atoms with E-state index in [-0.39, 0.29) is 44.9 Å². The fourth-order valence-electron chi connectivity index (χ4n) is 6.99. The third-order valence-electron chi connectivity index (χ3n) is 8.26. The van der Waals surface area contributed by atoms with Crippen molar-refractivity contribution in [3.05, 3.63) is 44.4 Å². The first-order valence-corrected chi connectivity index (χ1v) is 13.3. The summed E-state index contributed by atoms with van der Waals surface area (Å²) >= 11 is 2.78. The van der Waals surface area contributed by atoms with Crippen molar-refractivity contribution in [3.63, 3.8) is 0 Å². The second-order valence-electron chi connectivity index (χ2n) is 10.5. The number of aromatic amines is 1. The van der Waals surface area contributed by atoms with Crippen LogP contribution in [-0.4, -0.2) is 39.4 Å². The highest BCUT2D eigenvalue weighted by molar-refractivity contribution is 8.00. The number of imide groups is 1. The van der Waals surface area contributed by atoms with Crippen molar-refractivity contribution >= 4 is 46.5 Å². The lowest BCUT2D eigenvalue weighted by Gasteiger charge is -2.47. The van der Waals surface area contributed by atoms with Gasteiger partial charge in [0.1, 0.15) is 6.54 Å². The minimum atomic E-state index is -4.56. The number of H-pyrrole nitrogens is 1. The van der Waals surface area contributed by atoms with Gasteiger partial charge in [-0.1, -0.05) is 31.3 Å². The topological polar surface area (TPSA) is 99.3 Å². The Kier molecular flexibility index (Phi) is 5.09. The Labute approximate surface area is 211 Å². The Balaban J connectivity index is 1.22. The van der Waals surface area contributed by atoms with E-state index in [9.17, 15) is 32.3 Å². The van der Waals surface area contributed by atoms with E-state index in [4.69, 9.17) is 0 Å². The second kappa shape index (κ2) is 7.70. The predicted octanol–water partition coefficient (Wildman–Crippen LogP) is 3.71. The highest BCUT2D eigenvalue weighted by Crippen LogP contribution is 2.68. The molecule has 1 aromatic carbocycles. The molecule has 1 saturated heterocycles. The van der Waals surface area contributed by atoms with Crippen molar-refractivity contribution < 1.29 is 27.6 Å². The summed E-state index contributed by atoms with van der Waals surface area (Å²) in [6, 6.07) is 4.21. The van der Waals surface area contributed by atoms with Gasteiger partial charge in [0, 0.05) is 21.2 Å². The molecule has 3 fully saturated rings. The maximum absolute atomic E-state index is 13.4. The minimum Gasteiger partial charge on any atom is -0.325 e. The summed E-state index contributed by atoms with van der Waals surface area (Å²) in [5.41, 5.74) is -1.30. The van der Waals surface area contributed by atoms with Crippen molar-refractivity contribution in [2.24, 2.45) is 29.6 Å². The monoisotopic (exact) mass is 537 g/mol. The Bertz CT molecular complexity index is 1370. The van der Waals surface area contributed by atoms with Crippen LogP contribution >= 0.6 is 23.1 Å². The number of hydrogen-bond donors (Lipinski definition) is 2. The maximum Gasteiger partial charge on any atom is 0.416 e.